The van der Waals surface area contributed by atoms with Crippen LogP contribution in [0.5, 0.6) is 0 Å². The van der Waals surface area contributed by atoms with Crippen LogP contribution < -0.4 is 0 Å². The fourth-order valence-corrected chi connectivity index (χ4v) is 11.7. The Balaban J connectivity index is 0.922. The van der Waals surface area contributed by atoms with Crippen LogP contribution in [0.25, 0.3) is 139 Å². The molecule has 0 N–H and O–H groups in total. The molecule has 5 heteroatoms. The van der Waals surface area contributed by atoms with Crippen molar-refractivity contribution in [1.29, 1.82) is 0 Å². The summed E-state index contributed by atoms with van der Waals surface area (Å²) in [5.41, 5.74) is 20.2. The summed E-state index contributed by atoms with van der Waals surface area (Å²) in [5, 5.41) is 7.08. The van der Waals surface area contributed by atoms with E-state index in [4.69, 9.17) is 9.97 Å². The van der Waals surface area contributed by atoms with Gasteiger partial charge >= 0.3 is 0 Å². The van der Waals surface area contributed by atoms with Crippen LogP contribution in [0.1, 0.15) is 0 Å². The monoisotopic (exact) mass is 955 g/mol. The van der Waals surface area contributed by atoms with E-state index < -0.39 is 0 Å². The Labute approximate surface area is 433 Å². The molecular formula is C70H45N5. The summed E-state index contributed by atoms with van der Waals surface area (Å²) in [4.78, 5) is 10.4. The van der Waals surface area contributed by atoms with Gasteiger partial charge in [0.1, 0.15) is 0 Å². The number of aromatic nitrogens is 5. The summed E-state index contributed by atoms with van der Waals surface area (Å²) in [5.74, 6) is 0.626. The van der Waals surface area contributed by atoms with Gasteiger partial charge in [0.15, 0.2) is 0 Å². The summed E-state index contributed by atoms with van der Waals surface area (Å²) in [6.45, 7) is 0. The summed E-state index contributed by atoms with van der Waals surface area (Å²) in [6, 6.07) is 96.4. The van der Waals surface area contributed by atoms with Gasteiger partial charge in [0, 0.05) is 55.5 Å². The topological polar surface area (TPSA) is 40.6 Å². The van der Waals surface area contributed by atoms with Crippen molar-refractivity contribution in [3.8, 4) is 73.1 Å². The van der Waals surface area contributed by atoms with E-state index in [1.807, 2.05) is 12.3 Å². The fourth-order valence-electron chi connectivity index (χ4n) is 11.7. The average molecular weight is 956 g/mol. The van der Waals surface area contributed by atoms with Crippen molar-refractivity contribution in [1.82, 2.24) is 23.7 Å². The molecule has 350 valence electrons. The molecule has 0 amide bonds. The maximum Gasteiger partial charge on any atom is 0.235 e. The minimum atomic E-state index is 0.626. The van der Waals surface area contributed by atoms with Crippen LogP contribution in [-0.4, -0.2) is 23.7 Å². The molecule has 0 radical (unpaired) electrons. The molecule has 0 fully saturated rings. The SMILES string of the molecule is c1ccc(-c2cccc(-c3cc(-c4cccc(-c5ccccc5)c4)cc(-n4c5ccccc5c5c6c7ccccc7n(-c7nccc(-c8ccc9c(c8)c8ccccc8n9-c8ccccc8)n7)c6ccc54)c3)c2)cc1. The quantitative estimate of drug-likeness (QED) is 0.152. The molecule has 15 rings (SSSR count). The lowest BCUT2D eigenvalue weighted by atomic mass is 9.94. The first kappa shape index (κ1) is 42.6. The minimum absolute atomic E-state index is 0.626. The van der Waals surface area contributed by atoms with E-state index in [0.29, 0.717) is 5.95 Å². The average Bonchev–Trinajstić information content (AvgIpc) is 4.15. The fraction of sp³-hybridized carbons (Fsp3) is 0. The second kappa shape index (κ2) is 17.3. The first-order valence-electron chi connectivity index (χ1n) is 25.6. The van der Waals surface area contributed by atoms with Gasteiger partial charge in [-0.1, -0.05) is 176 Å². The number of hydrogen-bond acceptors (Lipinski definition) is 2. The molecule has 0 saturated heterocycles. The molecular weight excluding hydrogens is 911 g/mol. The molecule has 0 aliphatic heterocycles. The van der Waals surface area contributed by atoms with E-state index in [2.05, 4.69) is 275 Å². The highest BCUT2D eigenvalue weighted by Crippen LogP contribution is 2.44. The lowest BCUT2D eigenvalue weighted by molar-refractivity contribution is 0.992. The number of para-hydroxylation sites is 4. The molecule has 4 heterocycles. The first-order valence-corrected chi connectivity index (χ1v) is 25.6. The van der Waals surface area contributed by atoms with Gasteiger partial charge in [-0.05, 0) is 136 Å². The predicted molar refractivity (Wildman–Crippen MR) is 312 cm³/mol. The molecule has 75 heavy (non-hydrogen) atoms. The zero-order chi connectivity index (χ0) is 49.4. The van der Waals surface area contributed by atoms with E-state index in [9.17, 15) is 0 Å². The van der Waals surface area contributed by atoms with E-state index in [-0.39, 0.29) is 0 Å². The highest BCUT2D eigenvalue weighted by Gasteiger charge is 2.23. The van der Waals surface area contributed by atoms with Gasteiger partial charge in [-0.15, -0.1) is 0 Å². The third-order valence-electron chi connectivity index (χ3n) is 15.1. The van der Waals surface area contributed by atoms with Gasteiger partial charge in [0.25, 0.3) is 0 Å². The normalized spacial score (nSPS) is 11.7. The van der Waals surface area contributed by atoms with E-state index in [0.717, 1.165) is 77.9 Å². The highest BCUT2D eigenvalue weighted by atomic mass is 15.2. The minimum Gasteiger partial charge on any atom is -0.309 e. The van der Waals surface area contributed by atoms with Crippen molar-refractivity contribution >= 4 is 65.4 Å². The summed E-state index contributed by atoms with van der Waals surface area (Å²) in [7, 11) is 0. The van der Waals surface area contributed by atoms with Gasteiger partial charge in [0.2, 0.25) is 5.95 Å². The van der Waals surface area contributed by atoms with Crippen LogP contribution in [0.2, 0.25) is 0 Å². The third kappa shape index (κ3) is 7.01. The zero-order valence-corrected chi connectivity index (χ0v) is 40.7. The lowest BCUT2D eigenvalue weighted by Gasteiger charge is -2.15. The predicted octanol–water partition coefficient (Wildman–Crippen LogP) is 18.1. The molecule has 0 aliphatic rings. The van der Waals surface area contributed by atoms with Crippen molar-refractivity contribution in [2.75, 3.05) is 0 Å². The van der Waals surface area contributed by atoms with Crippen molar-refractivity contribution in [2.24, 2.45) is 0 Å². The molecule has 15 aromatic rings. The largest absolute Gasteiger partial charge is 0.309 e. The molecule has 0 unspecified atom stereocenters. The molecule has 5 nitrogen and oxygen atoms in total. The lowest BCUT2D eigenvalue weighted by Crippen LogP contribution is -2.01. The summed E-state index contributed by atoms with van der Waals surface area (Å²) >= 11 is 0. The van der Waals surface area contributed by atoms with Gasteiger partial charge < -0.3 is 9.13 Å². The Morgan fingerprint density at radius 2 is 0.667 bits per heavy atom. The Morgan fingerprint density at radius 3 is 1.27 bits per heavy atom. The van der Waals surface area contributed by atoms with Gasteiger partial charge in [-0.25, -0.2) is 9.97 Å². The standard InChI is InChI=1S/C70H45N5/c1-4-18-46(19-5-1)48-22-16-24-50(40-48)53-42-54(51-25-17-23-49(41-51)47-20-6-2-7-21-47)44-56(43-53)74-63-32-14-11-29-58(63)68-66(74)36-37-67-69(68)59-30-12-15-33-64(59)75(67)70-71-39-38-61(72-70)52-34-35-65-60(45-52)57-28-10-13-31-62(57)73(65)55-26-8-3-9-27-55/h1-45H. The number of rotatable bonds is 8. The van der Waals surface area contributed by atoms with Gasteiger partial charge in [-0.3, -0.25) is 4.57 Å². The van der Waals surface area contributed by atoms with Crippen molar-refractivity contribution in [3.63, 3.8) is 0 Å². The molecule has 0 aliphatic carbocycles. The Morgan fingerprint density at radius 1 is 0.240 bits per heavy atom. The smallest absolute Gasteiger partial charge is 0.235 e. The van der Waals surface area contributed by atoms with Crippen LogP contribution >= 0.6 is 0 Å². The number of hydrogen-bond donors (Lipinski definition) is 0. The van der Waals surface area contributed by atoms with Crippen LogP contribution in [0.4, 0.5) is 0 Å². The number of benzene rings is 11. The second-order valence-electron chi connectivity index (χ2n) is 19.4. The van der Waals surface area contributed by atoms with E-state index >= 15 is 0 Å². The third-order valence-corrected chi connectivity index (χ3v) is 15.1. The second-order valence-corrected chi connectivity index (χ2v) is 19.4. The van der Waals surface area contributed by atoms with Crippen molar-refractivity contribution in [3.05, 3.63) is 273 Å². The van der Waals surface area contributed by atoms with Crippen LogP contribution in [0.15, 0.2) is 273 Å². The molecule has 0 saturated carbocycles. The number of nitrogens with zero attached hydrogens (tertiary/aromatic N) is 5. The zero-order valence-electron chi connectivity index (χ0n) is 40.7. The maximum atomic E-state index is 5.40. The van der Waals surface area contributed by atoms with Gasteiger partial charge in [0.05, 0.1) is 38.8 Å². The van der Waals surface area contributed by atoms with Crippen molar-refractivity contribution in [2.45, 2.75) is 0 Å². The van der Waals surface area contributed by atoms with Crippen molar-refractivity contribution < 1.29 is 0 Å². The molecule has 0 spiro atoms. The summed E-state index contributed by atoms with van der Waals surface area (Å²) < 4.78 is 7.06. The first-order chi connectivity index (χ1) is 37.2. The van der Waals surface area contributed by atoms with E-state index in [1.54, 1.807) is 0 Å². The van der Waals surface area contributed by atoms with Crippen LogP contribution in [0.3, 0.4) is 0 Å². The maximum absolute atomic E-state index is 5.40. The Hall–Kier alpha value is -10.1. The molecule has 0 atom stereocenters. The molecule has 11 aromatic carbocycles. The Kier molecular flexibility index (Phi) is 9.82. The molecule has 0 bridgehead atoms. The van der Waals surface area contributed by atoms with E-state index in [1.165, 1.54) is 54.7 Å². The Bertz CT molecular complexity index is 4600. The van der Waals surface area contributed by atoms with Crippen LogP contribution in [0, 0.1) is 0 Å². The summed E-state index contributed by atoms with van der Waals surface area (Å²) in [6.07, 6.45) is 1.90. The molecule has 4 aromatic heterocycles. The van der Waals surface area contributed by atoms with Crippen LogP contribution in [-0.2, 0) is 0 Å². The van der Waals surface area contributed by atoms with Gasteiger partial charge in [-0.2, -0.15) is 0 Å². The number of fused-ring (bicyclic) bond motifs is 10. The highest BCUT2D eigenvalue weighted by molar-refractivity contribution is 6.29.